The van der Waals surface area contributed by atoms with Crippen molar-refractivity contribution in [3.63, 3.8) is 0 Å². The molecule has 0 bridgehead atoms. The zero-order valence-corrected chi connectivity index (χ0v) is 24.5. The van der Waals surface area contributed by atoms with Crippen LogP contribution in [0.1, 0.15) is 39.2 Å². The summed E-state index contributed by atoms with van der Waals surface area (Å²) in [5.41, 5.74) is 4.37. The zero-order valence-electron chi connectivity index (χ0n) is 22.9. The highest BCUT2D eigenvalue weighted by atomic mass is 35.5. The lowest BCUT2D eigenvalue weighted by Crippen LogP contribution is -2.46. The standard InChI is InChI=1S/C31H33ClFN5OS/c1-30(2,3)18-37-15-13-31(14-16-37)19-38(27-25(39)12-11-22(32)26(27)31)24-10-5-4-9-23(24)34-29-36-35-28(40-29)20-7-6-8-21(33)17-20/h4-12,17,39H,13-16,18-19H2,1-3H3,(H,34,36). The average molecular weight is 578 g/mol. The Morgan fingerprint density at radius 3 is 2.58 bits per heavy atom. The van der Waals surface area contributed by atoms with E-state index < -0.39 is 0 Å². The van der Waals surface area contributed by atoms with Gasteiger partial charge in [0.2, 0.25) is 5.13 Å². The number of fused-ring (bicyclic) bond motifs is 2. The Morgan fingerprint density at radius 2 is 1.82 bits per heavy atom. The van der Waals surface area contributed by atoms with Crippen LogP contribution in [-0.4, -0.2) is 46.4 Å². The molecule has 0 saturated carbocycles. The number of hydrogen-bond acceptors (Lipinski definition) is 7. The number of para-hydroxylation sites is 2. The molecule has 2 aliphatic heterocycles. The largest absolute Gasteiger partial charge is 0.506 e. The van der Waals surface area contributed by atoms with E-state index in [1.807, 2.05) is 30.3 Å². The lowest BCUT2D eigenvalue weighted by atomic mass is 9.74. The number of anilines is 4. The summed E-state index contributed by atoms with van der Waals surface area (Å²) in [6.07, 6.45) is 1.94. The normalized spacial score (nSPS) is 16.9. The predicted octanol–water partition coefficient (Wildman–Crippen LogP) is 7.98. The molecule has 9 heteroatoms. The van der Waals surface area contributed by atoms with Gasteiger partial charge in [-0.05, 0) is 67.7 Å². The van der Waals surface area contributed by atoms with E-state index in [0.29, 0.717) is 20.7 Å². The van der Waals surface area contributed by atoms with Crippen molar-refractivity contribution < 1.29 is 9.50 Å². The van der Waals surface area contributed by atoms with Gasteiger partial charge in [0.15, 0.2) is 0 Å². The van der Waals surface area contributed by atoms with E-state index in [4.69, 9.17) is 11.6 Å². The SMILES string of the molecule is CC(C)(C)CN1CCC2(CC1)CN(c1ccccc1Nc1nnc(-c3cccc(F)c3)s1)c1c(O)ccc(Cl)c12. The molecule has 0 radical (unpaired) electrons. The lowest BCUT2D eigenvalue weighted by molar-refractivity contribution is 0.125. The Kier molecular flexibility index (Phi) is 6.97. The van der Waals surface area contributed by atoms with Gasteiger partial charge in [0, 0.05) is 34.7 Å². The van der Waals surface area contributed by atoms with Gasteiger partial charge in [0.05, 0.1) is 17.1 Å². The lowest BCUT2D eigenvalue weighted by Gasteiger charge is -2.42. The second-order valence-electron chi connectivity index (χ2n) is 12.1. The molecule has 0 aliphatic carbocycles. The fourth-order valence-electron chi connectivity index (χ4n) is 6.16. The number of aromatic nitrogens is 2. The number of nitrogens with one attached hydrogen (secondary N) is 1. The summed E-state index contributed by atoms with van der Waals surface area (Å²) in [6.45, 7) is 10.6. The number of benzene rings is 3. The minimum Gasteiger partial charge on any atom is -0.506 e. The van der Waals surface area contributed by atoms with Gasteiger partial charge in [-0.3, -0.25) is 0 Å². The minimum atomic E-state index is -0.308. The molecule has 0 amide bonds. The summed E-state index contributed by atoms with van der Waals surface area (Å²) in [4.78, 5) is 4.75. The molecule has 1 aromatic heterocycles. The summed E-state index contributed by atoms with van der Waals surface area (Å²) in [7, 11) is 0. The Labute approximate surface area is 243 Å². The van der Waals surface area contributed by atoms with E-state index >= 15 is 0 Å². The molecule has 4 aromatic rings. The average Bonchev–Trinajstić information content (AvgIpc) is 3.51. The molecular formula is C31H33ClFN5OS. The molecule has 6 rings (SSSR count). The van der Waals surface area contributed by atoms with Crippen LogP contribution in [-0.2, 0) is 5.41 Å². The third kappa shape index (κ3) is 5.16. The number of piperidine rings is 1. The van der Waals surface area contributed by atoms with Crippen LogP contribution in [0.5, 0.6) is 5.75 Å². The number of aromatic hydroxyl groups is 1. The van der Waals surface area contributed by atoms with Crippen molar-refractivity contribution in [2.75, 3.05) is 36.4 Å². The van der Waals surface area contributed by atoms with Crippen molar-refractivity contribution in [3.05, 3.63) is 77.1 Å². The smallest absolute Gasteiger partial charge is 0.210 e. The maximum Gasteiger partial charge on any atom is 0.210 e. The zero-order chi connectivity index (χ0) is 28.1. The van der Waals surface area contributed by atoms with Gasteiger partial charge in [-0.25, -0.2) is 4.39 Å². The van der Waals surface area contributed by atoms with E-state index in [2.05, 4.69) is 52.2 Å². The van der Waals surface area contributed by atoms with Crippen LogP contribution >= 0.6 is 22.9 Å². The van der Waals surface area contributed by atoms with E-state index in [1.54, 1.807) is 12.1 Å². The summed E-state index contributed by atoms with van der Waals surface area (Å²) in [6, 6.07) is 17.9. The topological polar surface area (TPSA) is 64.5 Å². The number of likely N-dealkylation sites (tertiary alicyclic amines) is 1. The Hall–Kier alpha value is -3.20. The Bertz CT molecular complexity index is 1540. The molecule has 1 fully saturated rings. The van der Waals surface area contributed by atoms with Crippen molar-refractivity contribution in [2.45, 2.75) is 39.0 Å². The van der Waals surface area contributed by atoms with Gasteiger partial charge < -0.3 is 20.2 Å². The fourth-order valence-corrected chi connectivity index (χ4v) is 7.26. The molecule has 6 nitrogen and oxygen atoms in total. The third-order valence-corrected chi connectivity index (χ3v) is 9.01. The molecule has 0 atom stereocenters. The number of rotatable bonds is 5. The third-order valence-electron chi connectivity index (χ3n) is 7.81. The second kappa shape index (κ2) is 10.3. The molecule has 40 heavy (non-hydrogen) atoms. The summed E-state index contributed by atoms with van der Waals surface area (Å²) in [5, 5.41) is 25.1. The van der Waals surface area contributed by atoms with Crippen LogP contribution < -0.4 is 10.2 Å². The van der Waals surface area contributed by atoms with E-state index in [9.17, 15) is 9.50 Å². The maximum absolute atomic E-state index is 13.8. The van der Waals surface area contributed by atoms with Gasteiger partial charge in [-0.2, -0.15) is 0 Å². The summed E-state index contributed by atoms with van der Waals surface area (Å²) < 4.78 is 13.8. The maximum atomic E-state index is 13.8. The summed E-state index contributed by atoms with van der Waals surface area (Å²) >= 11 is 8.26. The molecule has 2 aliphatic rings. The number of nitrogens with zero attached hydrogens (tertiary/aromatic N) is 4. The molecule has 3 heterocycles. The number of phenols is 1. The van der Waals surface area contributed by atoms with Crippen LogP contribution in [0.25, 0.3) is 10.6 Å². The Balaban J connectivity index is 1.32. The quantitative estimate of drug-likeness (QED) is 0.251. The van der Waals surface area contributed by atoms with E-state index in [0.717, 1.165) is 61.6 Å². The number of halogens is 2. The monoisotopic (exact) mass is 577 g/mol. The predicted molar refractivity (Wildman–Crippen MR) is 162 cm³/mol. The van der Waals surface area contributed by atoms with Crippen molar-refractivity contribution in [3.8, 4) is 16.3 Å². The van der Waals surface area contributed by atoms with Crippen LogP contribution in [0.4, 0.5) is 26.6 Å². The van der Waals surface area contributed by atoms with Crippen molar-refractivity contribution in [1.82, 2.24) is 15.1 Å². The molecule has 1 spiro atoms. The first kappa shape index (κ1) is 27.0. The van der Waals surface area contributed by atoms with Gasteiger partial charge in [0.25, 0.3) is 0 Å². The molecular weight excluding hydrogens is 545 g/mol. The highest BCUT2D eigenvalue weighted by Gasteiger charge is 2.48. The first-order chi connectivity index (χ1) is 19.1. The number of hydrogen-bond donors (Lipinski definition) is 2. The van der Waals surface area contributed by atoms with Crippen molar-refractivity contribution in [2.24, 2.45) is 5.41 Å². The van der Waals surface area contributed by atoms with E-state index in [-0.39, 0.29) is 22.4 Å². The highest BCUT2D eigenvalue weighted by molar-refractivity contribution is 7.18. The first-order valence-electron chi connectivity index (χ1n) is 13.6. The number of phenolic OH excluding ortho intramolecular Hbond substituents is 1. The first-order valence-corrected chi connectivity index (χ1v) is 14.8. The fraction of sp³-hybridized carbons (Fsp3) is 0.355. The molecule has 2 N–H and O–H groups in total. The minimum absolute atomic E-state index is 0.153. The molecule has 3 aromatic carbocycles. The molecule has 0 unspecified atom stereocenters. The van der Waals surface area contributed by atoms with Crippen LogP contribution in [0.15, 0.2) is 60.7 Å². The van der Waals surface area contributed by atoms with Gasteiger partial charge in [0.1, 0.15) is 16.6 Å². The van der Waals surface area contributed by atoms with Crippen LogP contribution in [0, 0.1) is 11.2 Å². The highest BCUT2D eigenvalue weighted by Crippen LogP contribution is 2.56. The Morgan fingerprint density at radius 1 is 1.05 bits per heavy atom. The molecule has 208 valence electrons. The second-order valence-corrected chi connectivity index (χ2v) is 13.4. The van der Waals surface area contributed by atoms with E-state index in [1.165, 1.54) is 23.5 Å². The summed E-state index contributed by atoms with van der Waals surface area (Å²) in [5.74, 6) is -0.0793. The van der Waals surface area contributed by atoms with Gasteiger partial charge >= 0.3 is 0 Å². The van der Waals surface area contributed by atoms with Crippen LogP contribution in [0.3, 0.4) is 0 Å². The van der Waals surface area contributed by atoms with Gasteiger partial charge in [-0.1, -0.05) is 68.0 Å². The molecule has 1 saturated heterocycles. The van der Waals surface area contributed by atoms with Crippen LogP contribution in [0.2, 0.25) is 5.02 Å². The van der Waals surface area contributed by atoms with Crippen molar-refractivity contribution in [1.29, 1.82) is 0 Å². The van der Waals surface area contributed by atoms with Crippen molar-refractivity contribution >= 4 is 45.1 Å². The van der Waals surface area contributed by atoms with Gasteiger partial charge in [-0.15, -0.1) is 10.2 Å².